The molecule has 0 bridgehead atoms. The Balaban J connectivity index is 0.000000189. The third-order valence-corrected chi connectivity index (χ3v) is 3.06. The van der Waals surface area contributed by atoms with E-state index in [-0.39, 0.29) is 31.5 Å². The predicted octanol–water partition coefficient (Wildman–Crippen LogP) is 2.31. The van der Waals surface area contributed by atoms with Crippen LogP contribution >= 0.6 is 0 Å². The van der Waals surface area contributed by atoms with Crippen molar-refractivity contribution >= 4 is 12.0 Å². The number of nitrogens with zero attached hydrogens (tertiary/aromatic N) is 7. The van der Waals surface area contributed by atoms with Gasteiger partial charge in [-0.15, -0.1) is 18.8 Å². The van der Waals surface area contributed by atoms with Crippen LogP contribution < -0.4 is 5.01 Å². The van der Waals surface area contributed by atoms with E-state index < -0.39 is 11.6 Å². The molecule has 0 saturated heterocycles. The Bertz CT molecular complexity index is 881. The van der Waals surface area contributed by atoms with Gasteiger partial charge in [0.1, 0.15) is 12.7 Å². The van der Waals surface area contributed by atoms with Gasteiger partial charge in [-0.2, -0.15) is 17.2 Å². The second-order valence-electron chi connectivity index (χ2n) is 4.98. The van der Waals surface area contributed by atoms with Crippen LogP contribution in [0.1, 0.15) is 0 Å². The molecular weight excluding hydrogens is 532 g/mol. The molecule has 0 fully saturated rings. The maximum atomic E-state index is 13.2. The van der Waals surface area contributed by atoms with Gasteiger partial charge in [-0.05, 0) is 7.05 Å². The fourth-order valence-corrected chi connectivity index (χ4v) is 1.92. The number of pyridine rings is 1. The number of hydrazone groups is 1. The van der Waals surface area contributed by atoms with E-state index in [0.29, 0.717) is 0 Å². The fraction of sp³-hybridized carbons (Fsp3) is 0.0588. The van der Waals surface area contributed by atoms with E-state index in [9.17, 15) is 8.78 Å². The van der Waals surface area contributed by atoms with E-state index in [0.717, 1.165) is 17.8 Å². The molecule has 0 aliphatic carbocycles. The molecule has 4 rings (SSSR count). The monoisotopic (exact) mass is 545 g/mol. The SMILES string of the molecule is CN1C=NN(c2[c-]ccnc2)[CH-]1.Fc1c[c-]c(-c2ncncn2)c(F)c1.[Ir+3]. The Morgan fingerprint density at radius 3 is 2.48 bits per heavy atom. The van der Waals surface area contributed by atoms with Gasteiger partial charge in [0.05, 0.1) is 12.2 Å². The van der Waals surface area contributed by atoms with E-state index in [2.05, 4.69) is 37.2 Å². The van der Waals surface area contributed by atoms with Gasteiger partial charge in [-0.1, -0.05) is 29.7 Å². The summed E-state index contributed by atoms with van der Waals surface area (Å²) in [5, 5.41) is 5.81. The van der Waals surface area contributed by atoms with Crippen molar-refractivity contribution in [3.05, 3.63) is 73.7 Å². The van der Waals surface area contributed by atoms with Crippen LogP contribution in [-0.2, 0) is 20.1 Å². The largest absolute Gasteiger partial charge is 3.00 e. The van der Waals surface area contributed by atoms with Crippen LogP contribution in [0, 0.1) is 30.4 Å². The molecule has 1 aliphatic heterocycles. The predicted molar refractivity (Wildman–Crippen MR) is 90.1 cm³/mol. The summed E-state index contributed by atoms with van der Waals surface area (Å²) in [7, 11) is 1.92. The van der Waals surface area contributed by atoms with E-state index >= 15 is 0 Å². The fourth-order valence-electron chi connectivity index (χ4n) is 1.92. The van der Waals surface area contributed by atoms with Crippen molar-refractivity contribution in [1.82, 2.24) is 24.8 Å². The average Bonchev–Trinajstić information content (AvgIpc) is 3.10. The van der Waals surface area contributed by atoms with Gasteiger partial charge in [0.2, 0.25) is 0 Å². The van der Waals surface area contributed by atoms with Gasteiger partial charge in [0.15, 0.2) is 0 Å². The number of anilines is 1. The molecule has 10 heteroatoms. The molecule has 0 N–H and O–H groups in total. The van der Waals surface area contributed by atoms with E-state index in [1.165, 1.54) is 12.7 Å². The van der Waals surface area contributed by atoms with Gasteiger partial charge in [0, 0.05) is 11.6 Å². The van der Waals surface area contributed by atoms with Crippen LogP contribution in [0.5, 0.6) is 0 Å². The summed E-state index contributed by atoms with van der Waals surface area (Å²) in [5.74, 6) is -1.28. The number of hydrogen-bond acceptors (Lipinski definition) is 7. The number of hydrogen-bond donors (Lipinski definition) is 0. The first-order valence-electron chi connectivity index (χ1n) is 7.34. The van der Waals surface area contributed by atoms with Crippen LogP contribution in [0.15, 0.2) is 48.3 Å². The third kappa shape index (κ3) is 5.57. The molecule has 138 valence electrons. The van der Waals surface area contributed by atoms with Crippen LogP contribution in [0.4, 0.5) is 14.5 Å². The van der Waals surface area contributed by atoms with Crippen LogP contribution in [0.2, 0.25) is 0 Å². The Morgan fingerprint density at radius 2 is 1.89 bits per heavy atom. The van der Waals surface area contributed by atoms with Crippen molar-refractivity contribution in [1.29, 1.82) is 0 Å². The Labute approximate surface area is 168 Å². The molecule has 0 unspecified atom stereocenters. The molecule has 0 radical (unpaired) electrons. The molecule has 0 amide bonds. The summed E-state index contributed by atoms with van der Waals surface area (Å²) in [4.78, 5) is 16.9. The third-order valence-electron chi connectivity index (χ3n) is 3.06. The van der Waals surface area contributed by atoms with Crippen LogP contribution in [-0.4, -0.2) is 38.2 Å². The molecule has 1 aliphatic rings. The molecular formula is C17H12F2IrN7. The van der Waals surface area contributed by atoms with Crippen molar-refractivity contribution < 1.29 is 28.9 Å². The quantitative estimate of drug-likeness (QED) is 0.462. The number of rotatable bonds is 2. The van der Waals surface area contributed by atoms with E-state index in [1.807, 2.05) is 18.6 Å². The smallest absolute Gasteiger partial charge is 0.493 e. The Hall–Kier alpha value is -2.84. The maximum absolute atomic E-state index is 13.2. The average molecular weight is 545 g/mol. The standard InChI is InChI=1S/C9H4F2N3.C8H8N4.Ir/c10-6-1-2-7(8(11)3-6)9-13-4-12-5-14-9;1-11-6-10-12(7-11)8-3-2-4-9-5-8;/h1,3-5H;2,4-7H,1H3;/q-1;-2;+3. The van der Waals surface area contributed by atoms with Crippen LogP contribution in [0.3, 0.4) is 0 Å². The number of benzene rings is 1. The zero-order valence-corrected chi connectivity index (χ0v) is 16.3. The second kappa shape index (κ2) is 9.75. The van der Waals surface area contributed by atoms with Crippen molar-refractivity contribution in [3.63, 3.8) is 0 Å². The van der Waals surface area contributed by atoms with E-state index in [4.69, 9.17) is 0 Å². The zero-order chi connectivity index (χ0) is 18.4. The summed E-state index contributed by atoms with van der Waals surface area (Å²) < 4.78 is 25.7. The summed E-state index contributed by atoms with van der Waals surface area (Å²) in [5.41, 5.74) is 0.881. The Morgan fingerprint density at radius 1 is 1.11 bits per heavy atom. The van der Waals surface area contributed by atoms with Gasteiger partial charge < -0.3 is 14.9 Å². The topological polar surface area (TPSA) is 70.4 Å². The van der Waals surface area contributed by atoms with Gasteiger partial charge >= 0.3 is 20.1 Å². The molecule has 1 aromatic carbocycles. The first-order valence-corrected chi connectivity index (χ1v) is 7.34. The van der Waals surface area contributed by atoms with Crippen molar-refractivity contribution in [2.24, 2.45) is 5.10 Å². The molecule has 7 nitrogen and oxygen atoms in total. The minimum Gasteiger partial charge on any atom is -0.493 e. The second-order valence-corrected chi connectivity index (χ2v) is 4.98. The van der Waals surface area contributed by atoms with Gasteiger partial charge in [-0.3, -0.25) is 18.7 Å². The molecule has 2 aromatic heterocycles. The summed E-state index contributed by atoms with van der Waals surface area (Å²) in [6.45, 7) is 1.85. The summed E-state index contributed by atoms with van der Waals surface area (Å²) in [6, 6.07) is 8.99. The molecule has 3 aromatic rings. The van der Waals surface area contributed by atoms with Crippen molar-refractivity contribution in [3.8, 4) is 11.4 Å². The minimum atomic E-state index is -0.740. The van der Waals surface area contributed by atoms with Gasteiger partial charge in [-0.25, -0.2) is 4.98 Å². The number of halogens is 2. The first-order chi connectivity index (χ1) is 12.6. The maximum Gasteiger partial charge on any atom is 3.00 e. The van der Waals surface area contributed by atoms with Crippen LogP contribution in [0.25, 0.3) is 11.4 Å². The molecule has 27 heavy (non-hydrogen) atoms. The van der Waals surface area contributed by atoms with Crippen molar-refractivity contribution in [2.75, 3.05) is 12.1 Å². The molecule has 0 atom stereocenters. The van der Waals surface area contributed by atoms with Gasteiger partial charge in [0.25, 0.3) is 0 Å². The summed E-state index contributed by atoms with van der Waals surface area (Å²) in [6.07, 6.45) is 7.60. The Kier molecular flexibility index (Phi) is 7.39. The minimum absolute atomic E-state index is 0. The first kappa shape index (κ1) is 20.5. The molecule has 0 saturated carbocycles. The van der Waals surface area contributed by atoms with Crippen molar-refractivity contribution in [2.45, 2.75) is 0 Å². The zero-order valence-electron chi connectivity index (χ0n) is 13.9. The summed E-state index contributed by atoms with van der Waals surface area (Å²) >= 11 is 0. The molecule has 0 spiro atoms. The molecule has 3 heterocycles. The normalized spacial score (nSPS) is 12.3. The van der Waals surface area contributed by atoms with E-state index in [1.54, 1.807) is 29.8 Å². The number of aromatic nitrogens is 4.